The smallest absolute Gasteiger partial charge is 0.270 e. The van der Waals surface area contributed by atoms with Crippen LogP contribution in [0.5, 0.6) is 0 Å². The van der Waals surface area contributed by atoms with Crippen molar-refractivity contribution in [3.63, 3.8) is 0 Å². The van der Waals surface area contributed by atoms with Gasteiger partial charge in [-0.2, -0.15) is 0 Å². The molecule has 1 fully saturated rings. The van der Waals surface area contributed by atoms with E-state index in [-0.39, 0.29) is 18.1 Å². The molecule has 0 radical (unpaired) electrons. The summed E-state index contributed by atoms with van der Waals surface area (Å²) in [6.45, 7) is 0.268. The molecular weight excluding hydrogens is 336 g/mol. The molecule has 0 bridgehead atoms. The van der Waals surface area contributed by atoms with Crippen LogP contribution in [0.2, 0.25) is 0 Å². The van der Waals surface area contributed by atoms with Gasteiger partial charge in [0.2, 0.25) is 0 Å². The highest BCUT2D eigenvalue weighted by atomic mass is 32.2. The molecule has 0 N–H and O–H groups in total. The Kier molecular flexibility index (Phi) is 4.26. The second kappa shape index (κ2) is 6.35. The summed E-state index contributed by atoms with van der Waals surface area (Å²) in [5.41, 5.74) is 0.558. The standard InChI is InChI=1S/C15H10N2O4S2/c18-14-13(8-10-3-1-4-11(7-10)17(19)20)23-15(22)16(14)9-12-5-2-6-21-12/h1-8H,9H2. The van der Waals surface area contributed by atoms with Crippen LogP contribution in [-0.4, -0.2) is 20.1 Å². The summed E-state index contributed by atoms with van der Waals surface area (Å²) in [7, 11) is 0. The summed E-state index contributed by atoms with van der Waals surface area (Å²) in [5, 5.41) is 10.8. The lowest BCUT2D eigenvalue weighted by Crippen LogP contribution is -2.27. The first kappa shape index (κ1) is 15.4. The summed E-state index contributed by atoms with van der Waals surface area (Å²) < 4.78 is 5.66. The van der Waals surface area contributed by atoms with Gasteiger partial charge in [0.1, 0.15) is 10.1 Å². The van der Waals surface area contributed by atoms with Gasteiger partial charge in [-0.25, -0.2) is 0 Å². The molecule has 1 aromatic heterocycles. The van der Waals surface area contributed by atoms with Crippen LogP contribution < -0.4 is 0 Å². The van der Waals surface area contributed by atoms with Crippen molar-refractivity contribution in [3.8, 4) is 0 Å². The van der Waals surface area contributed by atoms with Crippen LogP contribution in [-0.2, 0) is 11.3 Å². The normalized spacial score (nSPS) is 16.3. The minimum atomic E-state index is -0.473. The van der Waals surface area contributed by atoms with Gasteiger partial charge in [0.05, 0.1) is 22.6 Å². The lowest BCUT2D eigenvalue weighted by molar-refractivity contribution is -0.384. The minimum absolute atomic E-state index is 0.0233. The molecule has 1 amide bonds. The van der Waals surface area contributed by atoms with Crippen molar-refractivity contribution in [1.82, 2.24) is 4.90 Å². The van der Waals surface area contributed by atoms with Crippen molar-refractivity contribution >= 4 is 46.0 Å². The third-order valence-electron chi connectivity index (χ3n) is 3.15. The quantitative estimate of drug-likeness (QED) is 0.364. The number of thiocarbonyl (C=S) groups is 1. The molecule has 2 aromatic rings. The van der Waals surface area contributed by atoms with Crippen molar-refractivity contribution in [1.29, 1.82) is 0 Å². The van der Waals surface area contributed by atoms with Gasteiger partial charge in [0.15, 0.2) is 0 Å². The van der Waals surface area contributed by atoms with Gasteiger partial charge < -0.3 is 4.42 Å². The number of nitrogens with zero attached hydrogens (tertiary/aromatic N) is 2. The number of thioether (sulfide) groups is 1. The fourth-order valence-electron chi connectivity index (χ4n) is 2.07. The Morgan fingerprint density at radius 1 is 1.35 bits per heavy atom. The first-order valence-corrected chi connectivity index (χ1v) is 7.79. The van der Waals surface area contributed by atoms with Gasteiger partial charge in [-0.05, 0) is 23.8 Å². The van der Waals surface area contributed by atoms with E-state index < -0.39 is 4.92 Å². The Morgan fingerprint density at radius 3 is 2.87 bits per heavy atom. The summed E-state index contributed by atoms with van der Waals surface area (Å²) in [4.78, 5) is 24.7. The van der Waals surface area contributed by atoms with Crippen LogP contribution in [0.15, 0.2) is 52.0 Å². The number of benzene rings is 1. The molecular formula is C15H10N2O4S2. The number of amides is 1. The number of carbonyl (C=O) groups excluding carboxylic acids is 1. The average molecular weight is 346 g/mol. The molecule has 23 heavy (non-hydrogen) atoms. The zero-order valence-electron chi connectivity index (χ0n) is 11.7. The maximum absolute atomic E-state index is 12.4. The number of nitro benzene ring substituents is 1. The van der Waals surface area contributed by atoms with Gasteiger partial charge >= 0.3 is 0 Å². The first-order valence-electron chi connectivity index (χ1n) is 6.57. The maximum Gasteiger partial charge on any atom is 0.270 e. The monoisotopic (exact) mass is 346 g/mol. The molecule has 0 spiro atoms. The molecule has 116 valence electrons. The number of hydrogen-bond donors (Lipinski definition) is 0. The van der Waals surface area contributed by atoms with Crippen LogP contribution in [0.25, 0.3) is 6.08 Å². The van der Waals surface area contributed by atoms with Crippen molar-refractivity contribution < 1.29 is 14.1 Å². The number of nitro groups is 1. The van der Waals surface area contributed by atoms with Crippen LogP contribution in [0.3, 0.4) is 0 Å². The molecule has 1 aliphatic rings. The lowest BCUT2D eigenvalue weighted by atomic mass is 10.2. The van der Waals surface area contributed by atoms with Crippen molar-refractivity contribution in [3.05, 3.63) is 69.0 Å². The topological polar surface area (TPSA) is 76.6 Å². The average Bonchev–Trinajstić information content (AvgIpc) is 3.12. The SMILES string of the molecule is O=C1C(=Cc2cccc([N+](=O)[O-])c2)SC(=S)N1Cc1ccco1. The summed E-state index contributed by atoms with van der Waals surface area (Å²) in [6, 6.07) is 9.60. The molecule has 3 rings (SSSR count). The second-order valence-electron chi connectivity index (χ2n) is 4.70. The number of rotatable bonds is 4. The van der Waals surface area contributed by atoms with E-state index in [0.29, 0.717) is 20.5 Å². The third kappa shape index (κ3) is 3.33. The second-order valence-corrected chi connectivity index (χ2v) is 6.38. The molecule has 0 saturated carbocycles. The Labute approximate surface area is 140 Å². The highest BCUT2D eigenvalue weighted by molar-refractivity contribution is 8.26. The van der Waals surface area contributed by atoms with E-state index in [1.807, 2.05) is 0 Å². The minimum Gasteiger partial charge on any atom is -0.467 e. The van der Waals surface area contributed by atoms with Crippen molar-refractivity contribution in [2.45, 2.75) is 6.54 Å². The zero-order chi connectivity index (χ0) is 16.4. The van der Waals surface area contributed by atoms with Crippen LogP contribution in [0.4, 0.5) is 5.69 Å². The van der Waals surface area contributed by atoms with Gasteiger partial charge in [-0.15, -0.1) is 0 Å². The fraction of sp³-hybridized carbons (Fsp3) is 0.0667. The van der Waals surface area contributed by atoms with E-state index in [1.165, 1.54) is 35.1 Å². The molecule has 1 aromatic carbocycles. The lowest BCUT2D eigenvalue weighted by Gasteiger charge is -2.11. The Hall–Kier alpha value is -2.45. The molecule has 2 heterocycles. The van der Waals surface area contributed by atoms with E-state index in [2.05, 4.69) is 0 Å². The van der Waals surface area contributed by atoms with Crippen molar-refractivity contribution in [2.24, 2.45) is 0 Å². The van der Waals surface area contributed by atoms with E-state index in [9.17, 15) is 14.9 Å². The summed E-state index contributed by atoms with van der Waals surface area (Å²) >= 11 is 6.40. The molecule has 0 atom stereocenters. The highest BCUT2D eigenvalue weighted by Gasteiger charge is 2.32. The van der Waals surface area contributed by atoms with Crippen LogP contribution >= 0.6 is 24.0 Å². The molecule has 1 saturated heterocycles. The van der Waals surface area contributed by atoms with Crippen molar-refractivity contribution in [2.75, 3.05) is 0 Å². The predicted molar refractivity (Wildman–Crippen MR) is 90.5 cm³/mol. The Bertz CT molecular complexity index is 815. The molecule has 6 nitrogen and oxygen atoms in total. The van der Waals surface area contributed by atoms with Gasteiger partial charge in [0.25, 0.3) is 11.6 Å². The number of non-ortho nitro benzene ring substituents is 1. The molecule has 0 unspecified atom stereocenters. The molecule has 0 aliphatic carbocycles. The number of carbonyl (C=O) groups is 1. The highest BCUT2D eigenvalue weighted by Crippen LogP contribution is 2.34. The summed E-state index contributed by atoms with van der Waals surface area (Å²) in [5.74, 6) is 0.404. The van der Waals surface area contributed by atoms with Crippen LogP contribution in [0.1, 0.15) is 11.3 Å². The Morgan fingerprint density at radius 2 is 2.17 bits per heavy atom. The van der Waals surface area contributed by atoms with Gasteiger partial charge in [-0.1, -0.05) is 36.1 Å². The fourth-order valence-corrected chi connectivity index (χ4v) is 3.33. The van der Waals surface area contributed by atoms with E-state index in [1.54, 1.807) is 30.3 Å². The predicted octanol–water partition coefficient (Wildman–Crippen LogP) is 3.59. The number of hydrogen-bond acceptors (Lipinski definition) is 6. The van der Waals surface area contributed by atoms with Crippen LogP contribution in [0, 0.1) is 10.1 Å². The first-order chi connectivity index (χ1) is 11.0. The molecule has 1 aliphatic heterocycles. The Balaban J connectivity index is 1.84. The van der Waals surface area contributed by atoms with E-state index in [0.717, 1.165) is 0 Å². The largest absolute Gasteiger partial charge is 0.467 e. The van der Waals surface area contributed by atoms with Gasteiger partial charge in [0, 0.05) is 12.1 Å². The van der Waals surface area contributed by atoms with E-state index >= 15 is 0 Å². The summed E-state index contributed by atoms with van der Waals surface area (Å²) in [6.07, 6.45) is 3.14. The molecule has 8 heteroatoms. The van der Waals surface area contributed by atoms with E-state index in [4.69, 9.17) is 16.6 Å². The third-order valence-corrected chi connectivity index (χ3v) is 4.52. The van der Waals surface area contributed by atoms with Gasteiger partial charge in [-0.3, -0.25) is 19.8 Å². The number of furan rings is 1. The maximum atomic E-state index is 12.4. The zero-order valence-corrected chi connectivity index (χ0v) is 13.3.